The number of fused-ring (bicyclic) bond motifs is 30. The summed E-state index contributed by atoms with van der Waals surface area (Å²) < 4.78 is 20.8. The van der Waals surface area contributed by atoms with Crippen LogP contribution in [0.1, 0.15) is 74.9 Å². The lowest BCUT2D eigenvalue weighted by Crippen LogP contribution is -2.15. The van der Waals surface area contributed by atoms with Crippen molar-refractivity contribution in [3.05, 3.63) is 416 Å². The maximum atomic E-state index is 6.32. The Morgan fingerprint density at radius 1 is 0.222 bits per heavy atom. The molecule has 3 aliphatic rings. The first-order valence-electron chi connectivity index (χ1n) is 46.3. The highest BCUT2D eigenvalue weighted by molar-refractivity contribution is 7.25. The third-order valence-electron chi connectivity index (χ3n) is 29.4. The van der Waals surface area contributed by atoms with Crippen LogP contribution in [0.3, 0.4) is 0 Å². The molecule has 0 saturated carbocycles. The SMILES string of the molecule is CC1(C)c2ccccc2-c2cc(-c3nc4oc5ccccc5c4nc3-n3c4ccccc4c4cc5ccccc5cc43)ccc21.CC1(C)c2ccccc2-c2ccc(-c3nc4oc5ccccc5c4nc3-n3c4ccccc4c4cc5ccccc5cc43)cc21.CC1(C)c2ccccc2-c2ccc(-c3nc4sc5ccccc5c4nc3-n3c4ccccc4c4cc5ccccc5cc43)cc21. The Hall–Kier alpha value is -16.8. The third-order valence-corrected chi connectivity index (χ3v) is 30.5. The molecule has 0 fully saturated rings. The molecule has 0 spiro atoms. The van der Waals surface area contributed by atoms with Gasteiger partial charge in [-0.1, -0.05) is 321 Å². The van der Waals surface area contributed by atoms with Crippen LogP contribution in [0, 0.1) is 0 Å². The molecule has 3 aliphatic carbocycles. The second kappa shape index (κ2) is 28.6. The van der Waals surface area contributed by atoms with Crippen molar-refractivity contribution in [3.63, 3.8) is 0 Å². The van der Waals surface area contributed by atoms with Crippen LogP contribution >= 0.6 is 11.3 Å². The minimum atomic E-state index is -0.134. The first-order chi connectivity index (χ1) is 66.2. The summed E-state index contributed by atoms with van der Waals surface area (Å²) in [5, 5.41) is 17.5. The molecule has 12 heteroatoms. The van der Waals surface area contributed by atoms with Crippen molar-refractivity contribution >= 4 is 174 Å². The Kier molecular flexibility index (Phi) is 16.3. The molecule has 0 unspecified atom stereocenters. The molecule has 636 valence electrons. The van der Waals surface area contributed by atoms with Crippen LogP contribution in [0.2, 0.25) is 0 Å². The highest BCUT2D eigenvalue weighted by Gasteiger charge is 2.40. The molecule has 0 atom stereocenters. The predicted octanol–water partition coefficient (Wildman–Crippen LogP) is 32.3. The molecule has 0 radical (unpaired) electrons. The van der Waals surface area contributed by atoms with Crippen LogP contribution in [0.15, 0.2) is 391 Å². The Balaban J connectivity index is 0.000000101. The van der Waals surface area contributed by atoms with Crippen LogP contribution < -0.4 is 0 Å². The number of aromatic nitrogens is 9. The molecule has 18 aromatic carbocycles. The first-order valence-corrected chi connectivity index (χ1v) is 47.1. The summed E-state index contributed by atoms with van der Waals surface area (Å²) in [7, 11) is 0. The second-order valence-electron chi connectivity index (χ2n) is 37.9. The van der Waals surface area contributed by atoms with E-state index in [1.54, 1.807) is 11.3 Å². The van der Waals surface area contributed by atoms with E-state index in [0.717, 1.165) is 133 Å². The number of nitrogens with zero attached hydrogens (tertiary/aromatic N) is 9. The highest BCUT2D eigenvalue weighted by Crippen LogP contribution is 2.55. The number of para-hydroxylation sites is 5. The van der Waals surface area contributed by atoms with E-state index in [1.165, 1.54) is 136 Å². The van der Waals surface area contributed by atoms with Gasteiger partial charge >= 0.3 is 0 Å². The molecular weight excluding hydrogens is 1670 g/mol. The van der Waals surface area contributed by atoms with Gasteiger partial charge in [-0.2, -0.15) is 0 Å². The van der Waals surface area contributed by atoms with Gasteiger partial charge in [0.2, 0.25) is 11.4 Å². The largest absolute Gasteiger partial charge is 0.436 e. The van der Waals surface area contributed by atoms with Crippen molar-refractivity contribution in [1.82, 2.24) is 43.6 Å². The number of thiophene rings is 1. The monoisotopic (exact) mass is 1750 g/mol. The van der Waals surface area contributed by atoms with Crippen molar-refractivity contribution in [3.8, 4) is 84.6 Å². The van der Waals surface area contributed by atoms with Crippen LogP contribution in [0.5, 0.6) is 0 Å². The fourth-order valence-corrected chi connectivity index (χ4v) is 23.8. The van der Waals surface area contributed by atoms with E-state index in [-0.39, 0.29) is 16.2 Å². The Bertz CT molecular complexity index is 9480. The number of benzene rings is 18. The summed E-state index contributed by atoms with van der Waals surface area (Å²) >= 11 is 1.72. The molecule has 27 aromatic rings. The molecule has 0 saturated heterocycles. The number of hydrogen-bond donors (Lipinski definition) is 0. The number of furan rings is 2. The van der Waals surface area contributed by atoms with Gasteiger partial charge in [0, 0.05) is 86.1 Å². The van der Waals surface area contributed by atoms with Gasteiger partial charge in [0.25, 0.3) is 0 Å². The predicted molar refractivity (Wildman–Crippen MR) is 558 cm³/mol. The zero-order valence-electron chi connectivity index (χ0n) is 74.6. The van der Waals surface area contributed by atoms with Gasteiger partial charge in [-0.15, -0.1) is 11.3 Å². The van der Waals surface area contributed by atoms with Gasteiger partial charge in [-0.25, -0.2) is 29.9 Å². The van der Waals surface area contributed by atoms with Crippen LogP contribution in [0.4, 0.5) is 0 Å². The fraction of sp³-hybridized carbons (Fsp3) is 0.0732. The average molecular weight is 1750 g/mol. The van der Waals surface area contributed by atoms with E-state index in [9.17, 15) is 0 Å². The zero-order chi connectivity index (χ0) is 89.6. The Morgan fingerprint density at radius 3 is 0.970 bits per heavy atom. The van der Waals surface area contributed by atoms with E-state index in [1.807, 2.05) is 36.4 Å². The van der Waals surface area contributed by atoms with Gasteiger partial charge < -0.3 is 8.83 Å². The van der Waals surface area contributed by atoms with Crippen molar-refractivity contribution in [2.24, 2.45) is 0 Å². The molecule has 9 heterocycles. The van der Waals surface area contributed by atoms with Gasteiger partial charge in [-0.3, -0.25) is 13.7 Å². The molecular formula is C123H81N9O2S. The van der Waals surface area contributed by atoms with E-state index in [2.05, 4.69) is 401 Å². The zero-order valence-corrected chi connectivity index (χ0v) is 75.4. The normalized spacial score (nSPS) is 13.7. The average Bonchev–Trinajstić information content (AvgIpc) is 1.56. The van der Waals surface area contributed by atoms with Gasteiger partial charge in [-0.05, 0) is 202 Å². The molecule has 0 aliphatic heterocycles. The van der Waals surface area contributed by atoms with Gasteiger partial charge in [0.1, 0.15) is 49.6 Å². The maximum Gasteiger partial charge on any atom is 0.247 e. The summed E-state index contributed by atoms with van der Waals surface area (Å²) in [5.41, 5.74) is 32.9. The Morgan fingerprint density at radius 2 is 0.533 bits per heavy atom. The van der Waals surface area contributed by atoms with E-state index in [4.69, 9.17) is 38.7 Å². The van der Waals surface area contributed by atoms with Crippen molar-refractivity contribution in [2.45, 2.75) is 57.8 Å². The molecule has 11 nitrogen and oxygen atoms in total. The molecule has 9 aromatic heterocycles. The Labute approximate surface area is 778 Å². The standard InChI is InChI=1S/2C41H27N3O.C41H27N3S/c1-41(2)32-16-8-5-13-27(32)28-20-19-26(22-33(28)41)37-39(42-38-30-15-7-10-18-36(30)45-40(38)43-37)44-34-17-9-6-14-29(34)31-21-24-11-3-4-12-25(24)23-35(31)44;1-41(2)32-16-8-5-13-27(32)30-22-26(19-20-33(30)41)37-39(42-38-29-15-7-10-18-36(29)45-40(38)43-37)44-34-17-9-6-14-28(34)31-21-24-11-3-4-12-25(24)23-35(31)44;1-41(2)32-16-8-5-13-27(32)28-20-19-26(22-33(28)41)37-39(42-38-30-15-7-10-18-36(30)45-40(38)43-37)44-34-17-9-6-14-29(34)31-21-24-11-3-4-12-25(24)23-35(31)44/h3*3-23H,1-2H3. The minimum absolute atomic E-state index is 0.0739. The van der Waals surface area contributed by atoms with Gasteiger partial charge in [0.05, 0.1) is 33.1 Å². The summed E-state index contributed by atoms with van der Waals surface area (Å²) in [5.74, 6) is 2.45. The summed E-state index contributed by atoms with van der Waals surface area (Å²) in [4.78, 5) is 33.4. The summed E-state index contributed by atoms with van der Waals surface area (Å²) in [6.07, 6.45) is 0. The lowest BCUT2D eigenvalue weighted by molar-refractivity contribution is 0.652. The van der Waals surface area contributed by atoms with Gasteiger partial charge in [0.15, 0.2) is 17.5 Å². The molecule has 0 bridgehead atoms. The van der Waals surface area contributed by atoms with E-state index < -0.39 is 0 Å². The maximum absolute atomic E-state index is 6.32. The van der Waals surface area contributed by atoms with Crippen molar-refractivity contribution in [2.75, 3.05) is 0 Å². The van der Waals surface area contributed by atoms with Crippen LogP contribution in [-0.4, -0.2) is 43.6 Å². The summed E-state index contributed by atoms with van der Waals surface area (Å²) in [6.45, 7) is 13.9. The van der Waals surface area contributed by atoms with Crippen molar-refractivity contribution < 1.29 is 8.83 Å². The molecule has 0 amide bonds. The summed E-state index contributed by atoms with van der Waals surface area (Å²) in [6, 6.07) is 137. The second-order valence-corrected chi connectivity index (χ2v) is 39.0. The van der Waals surface area contributed by atoms with E-state index >= 15 is 0 Å². The third kappa shape index (κ3) is 11.3. The van der Waals surface area contributed by atoms with Crippen LogP contribution in [-0.2, 0) is 16.2 Å². The van der Waals surface area contributed by atoms with Crippen molar-refractivity contribution in [1.29, 1.82) is 0 Å². The fourth-order valence-electron chi connectivity index (χ4n) is 22.8. The molecule has 30 rings (SSSR count). The number of rotatable bonds is 6. The van der Waals surface area contributed by atoms with E-state index in [0.29, 0.717) is 11.4 Å². The minimum Gasteiger partial charge on any atom is -0.436 e. The lowest BCUT2D eigenvalue weighted by Gasteiger charge is -2.22. The van der Waals surface area contributed by atoms with Crippen LogP contribution in [0.25, 0.3) is 247 Å². The quantitative estimate of drug-likeness (QED) is 0.162. The molecule has 135 heavy (non-hydrogen) atoms. The number of hydrogen-bond acceptors (Lipinski definition) is 9. The first kappa shape index (κ1) is 77.0. The highest BCUT2D eigenvalue weighted by atomic mass is 32.1. The smallest absolute Gasteiger partial charge is 0.247 e. The lowest BCUT2D eigenvalue weighted by atomic mass is 9.82. The topological polar surface area (TPSA) is 118 Å². The molecule has 0 N–H and O–H groups in total.